The molecule has 0 radical (unpaired) electrons. The zero-order valence-corrected chi connectivity index (χ0v) is 13.1. The van der Waals surface area contributed by atoms with E-state index in [0.717, 1.165) is 18.6 Å². The zero-order chi connectivity index (χ0) is 15.9. The van der Waals surface area contributed by atoms with E-state index in [2.05, 4.69) is 4.72 Å². The lowest BCUT2D eigenvalue weighted by molar-refractivity contribution is 0.0762. The normalized spacial score (nSPS) is 12.0. The van der Waals surface area contributed by atoms with Crippen molar-refractivity contribution < 1.29 is 22.7 Å². The Bertz CT molecular complexity index is 546. The van der Waals surface area contributed by atoms with Crippen LogP contribution in [0.3, 0.4) is 0 Å². The van der Waals surface area contributed by atoms with Crippen LogP contribution in [0.15, 0.2) is 23.1 Å². The Morgan fingerprint density at radius 2 is 2.05 bits per heavy atom. The maximum atomic E-state index is 13.2. The van der Waals surface area contributed by atoms with E-state index in [1.165, 1.54) is 6.07 Å². The SMILES string of the molecule is CC(C)OCCCCNS(=O)(=O)c1cc(F)ccc1CO. The molecule has 0 bridgehead atoms. The molecule has 1 rings (SSSR count). The highest BCUT2D eigenvalue weighted by molar-refractivity contribution is 7.89. The van der Waals surface area contributed by atoms with Crippen LogP contribution in [-0.4, -0.2) is 32.8 Å². The van der Waals surface area contributed by atoms with Crippen molar-refractivity contribution in [3.8, 4) is 0 Å². The largest absolute Gasteiger partial charge is 0.392 e. The number of benzene rings is 1. The lowest BCUT2D eigenvalue weighted by Crippen LogP contribution is -2.26. The van der Waals surface area contributed by atoms with Gasteiger partial charge in [-0.25, -0.2) is 17.5 Å². The van der Waals surface area contributed by atoms with Crippen molar-refractivity contribution in [2.24, 2.45) is 0 Å². The number of halogens is 1. The summed E-state index contributed by atoms with van der Waals surface area (Å²) in [6, 6.07) is 3.30. The van der Waals surface area contributed by atoms with E-state index in [-0.39, 0.29) is 23.1 Å². The molecule has 0 aliphatic heterocycles. The van der Waals surface area contributed by atoms with Crippen LogP contribution >= 0.6 is 0 Å². The van der Waals surface area contributed by atoms with Gasteiger partial charge in [0.05, 0.1) is 17.6 Å². The molecular weight excluding hydrogens is 297 g/mol. The summed E-state index contributed by atoms with van der Waals surface area (Å²) < 4.78 is 45.1. The third-order valence-electron chi connectivity index (χ3n) is 2.80. The maximum Gasteiger partial charge on any atom is 0.241 e. The van der Waals surface area contributed by atoms with Gasteiger partial charge in [0.15, 0.2) is 0 Å². The number of aliphatic hydroxyl groups excluding tert-OH is 1. The van der Waals surface area contributed by atoms with Crippen molar-refractivity contribution in [3.63, 3.8) is 0 Å². The predicted octanol–water partition coefficient (Wildman–Crippen LogP) is 1.80. The van der Waals surface area contributed by atoms with Crippen molar-refractivity contribution in [3.05, 3.63) is 29.6 Å². The van der Waals surface area contributed by atoms with Crippen LogP contribution in [0.1, 0.15) is 32.3 Å². The molecule has 0 unspecified atom stereocenters. The zero-order valence-electron chi connectivity index (χ0n) is 12.3. The highest BCUT2D eigenvalue weighted by atomic mass is 32.2. The second kappa shape index (κ2) is 8.43. The van der Waals surface area contributed by atoms with E-state index in [1.807, 2.05) is 13.8 Å². The van der Waals surface area contributed by atoms with Gasteiger partial charge in [-0.3, -0.25) is 0 Å². The Hall–Kier alpha value is -1.02. The van der Waals surface area contributed by atoms with Crippen molar-refractivity contribution in [2.45, 2.75) is 44.3 Å². The summed E-state index contributed by atoms with van der Waals surface area (Å²) in [7, 11) is -3.82. The summed E-state index contributed by atoms with van der Waals surface area (Å²) in [4.78, 5) is -0.219. The van der Waals surface area contributed by atoms with Crippen molar-refractivity contribution in [1.82, 2.24) is 4.72 Å². The summed E-state index contributed by atoms with van der Waals surface area (Å²) in [5.41, 5.74) is 0.173. The van der Waals surface area contributed by atoms with Gasteiger partial charge in [0.1, 0.15) is 5.82 Å². The Morgan fingerprint density at radius 3 is 2.67 bits per heavy atom. The highest BCUT2D eigenvalue weighted by Gasteiger charge is 2.18. The second-order valence-corrected chi connectivity index (χ2v) is 6.67. The number of sulfonamides is 1. The Balaban J connectivity index is 2.56. The number of aliphatic hydroxyl groups is 1. The topological polar surface area (TPSA) is 75.6 Å². The second-order valence-electron chi connectivity index (χ2n) is 4.93. The molecule has 21 heavy (non-hydrogen) atoms. The fourth-order valence-corrected chi connectivity index (χ4v) is 3.05. The van der Waals surface area contributed by atoms with Gasteiger partial charge in [-0.2, -0.15) is 0 Å². The molecule has 0 amide bonds. The molecule has 0 spiro atoms. The summed E-state index contributed by atoms with van der Waals surface area (Å²) in [6.07, 6.45) is 1.51. The third-order valence-corrected chi connectivity index (χ3v) is 4.35. The van der Waals surface area contributed by atoms with E-state index in [0.29, 0.717) is 13.0 Å². The lowest BCUT2D eigenvalue weighted by Gasteiger charge is -2.11. The molecule has 0 saturated heterocycles. The van der Waals surface area contributed by atoms with Gasteiger partial charge in [0, 0.05) is 13.2 Å². The van der Waals surface area contributed by atoms with Crippen molar-refractivity contribution >= 4 is 10.0 Å². The molecule has 0 atom stereocenters. The van der Waals surface area contributed by atoms with Crippen LogP contribution in [0.5, 0.6) is 0 Å². The fraction of sp³-hybridized carbons (Fsp3) is 0.571. The Morgan fingerprint density at radius 1 is 1.33 bits per heavy atom. The summed E-state index contributed by atoms with van der Waals surface area (Å²) >= 11 is 0. The molecule has 0 saturated carbocycles. The quantitative estimate of drug-likeness (QED) is 0.681. The van der Waals surface area contributed by atoms with Crippen LogP contribution in [0.25, 0.3) is 0 Å². The minimum Gasteiger partial charge on any atom is -0.392 e. The monoisotopic (exact) mass is 319 g/mol. The van der Waals surface area contributed by atoms with E-state index in [9.17, 15) is 12.8 Å². The number of rotatable bonds is 9. The molecule has 7 heteroatoms. The van der Waals surface area contributed by atoms with Gasteiger partial charge < -0.3 is 9.84 Å². The van der Waals surface area contributed by atoms with Crippen LogP contribution in [0, 0.1) is 5.82 Å². The molecule has 5 nitrogen and oxygen atoms in total. The smallest absolute Gasteiger partial charge is 0.241 e. The van der Waals surface area contributed by atoms with Gasteiger partial charge >= 0.3 is 0 Å². The number of hydrogen-bond acceptors (Lipinski definition) is 4. The molecule has 0 heterocycles. The first-order chi connectivity index (χ1) is 9.86. The maximum absolute atomic E-state index is 13.2. The van der Waals surface area contributed by atoms with Crippen LogP contribution in [-0.2, 0) is 21.4 Å². The molecule has 0 aliphatic rings. The molecule has 120 valence electrons. The molecule has 2 N–H and O–H groups in total. The Kier molecular flexibility index (Phi) is 7.24. The molecule has 0 fully saturated rings. The fourth-order valence-electron chi connectivity index (χ4n) is 1.74. The van der Waals surface area contributed by atoms with Crippen LogP contribution in [0.2, 0.25) is 0 Å². The van der Waals surface area contributed by atoms with E-state index < -0.39 is 22.4 Å². The van der Waals surface area contributed by atoms with Gasteiger partial charge in [-0.05, 0) is 44.4 Å². The molecule has 1 aromatic rings. The molecule has 1 aromatic carbocycles. The van der Waals surface area contributed by atoms with Crippen LogP contribution < -0.4 is 4.72 Å². The minimum absolute atomic E-state index is 0.154. The Labute approximate surface area is 125 Å². The molecular formula is C14H22FNO4S. The average molecular weight is 319 g/mol. The predicted molar refractivity (Wildman–Crippen MR) is 77.8 cm³/mol. The van der Waals surface area contributed by atoms with Gasteiger partial charge in [0.2, 0.25) is 10.0 Å². The number of nitrogens with one attached hydrogen (secondary N) is 1. The van der Waals surface area contributed by atoms with Gasteiger partial charge in [-0.1, -0.05) is 6.07 Å². The van der Waals surface area contributed by atoms with E-state index in [4.69, 9.17) is 9.84 Å². The van der Waals surface area contributed by atoms with E-state index in [1.54, 1.807) is 0 Å². The molecule has 0 aromatic heterocycles. The van der Waals surface area contributed by atoms with Gasteiger partial charge in [-0.15, -0.1) is 0 Å². The number of ether oxygens (including phenoxy) is 1. The first-order valence-corrected chi connectivity index (χ1v) is 8.35. The summed E-state index contributed by atoms with van der Waals surface area (Å²) in [5.74, 6) is -0.655. The number of unbranched alkanes of at least 4 members (excludes halogenated alkanes) is 1. The summed E-state index contributed by atoms with van der Waals surface area (Å²) in [5, 5.41) is 9.13. The lowest BCUT2D eigenvalue weighted by atomic mass is 10.2. The average Bonchev–Trinajstić information content (AvgIpc) is 2.42. The van der Waals surface area contributed by atoms with Crippen molar-refractivity contribution in [2.75, 3.05) is 13.2 Å². The van der Waals surface area contributed by atoms with Gasteiger partial charge in [0.25, 0.3) is 0 Å². The highest BCUT2D eigenvalue weighted by Crippen LogP contribution is 2.17. The minimum atomic E-state index is -3.82. The first kappa shape index (κ1) is 18.0. The number of hydrogen-bond donors (Lipinski definition) is 2. The standard InChI is InChI=1S/C14H22FNO4S/c1-11(2)20-8-4-3-7-16-21(18,19)14-9-13(15)6-5-12(14)10-17/h5-6,9,11,16-17H,3-4,7-8,10H2,1-2H3. The summed E-state index contributed by atoms with van der Waals surface area (Å²) in [6.45, 7) is 4.22. The van der Waals surface area contributed by atoms with Crippen LogP contribution in [0.4, 0.5) is 4.39 Å². The third kappa shape index (κ3) is 6.09. The molecule has 0 aliphatic carbocycles. The van der Waals surface area contributed by atoms with Crippen molar-refractivity contribution in [1.29, 1.82) is 0 Å². The first-order valence-electron chi connectivity index (χ1n) is 6.87. The van der Waals surface area contributed by atoms with E-state index >= 15 is 0 Å².